The summed E-state index contributed by atoms with van der Waals surface area (Å²) in [4.78, 5) is 10.2. The Morgan fingerprint density at radius 1 is 1.64 bits per heavy atom. The molecule has 0 aliphatic heterocycles. The van der Waals surface area contributed by atoms with Crippen LogP contribution in [0.4, 0.5) is 5.82 Å². The summed E-state index contributed by atoms with van der Waals surface area (Å²) >= 11 is 1.47. The van der Waals surface area contributed by atoms with Gasteiger partial charge >= 0.3 is 0 Å². The highest BCUT2D eigenvalue weighted by molar-refractivity contribution is 7.98. The van der Waals surface area contributed by atoms with Gasteiger partial charge in [-0.1, -0.05) is 0 Å². The van der Waals surface area contributed by atoms with Gasteiger partial charge in [0.15, 0.2) is 0 Å². The van der Waals surface area contributed by atoms with E-state index in [1.165, 1.54) is 18.1 Å². The number of hydrogen-bond donors (Lipinski definition) is 0. The quantitative estimate of drug-likeness (QED) is 0.222. The maximum absolute atomic E-state index is 8.07. The Bertz CT molecular complexity index is 293. The van der Waals surface area contributed by atoms with Gasteiger partial charge in [-0.2, -0.15) is 0 Å². The van der Waals surface area contributed by atoms with Crippen molar-refractivity contribution in [2.45, 2.75) is 5.03 Å². The first-order chi connectivity index (χ1) is 5.36. The molecule has 0 bridgehead atoms. The predicted octanol–water partition coefficient (Wildman–Crippen LogP) is 2.14. The molecule has 11 heavy (non-hydrogen) atoms. The lowest BCUT2D eigenvalue weighted by molar-refractivity contribution is 1.04. The van der Waals surface area contributed by atoms with Crippen LogP contribution in [0.3, 0.4) is 0 Å². The van der Waals surface area contributed by atoms with Crippen molar-refractivity contribution in [2.24, 2.45) is 5.11 Å². The molecular formula is C5H5N5S. The topological polar surface area (TPSA) is 74.5 Å². The molecule has 0 radical (unpaired) electrons. The molecule has 0 atom stereocenters. The van der Waals surface area contributed by atoms with Crippen molar-refractivity contribution in [3.8, 4) is 0 Å². The molecule has 0 aliphatic rings. The molecule has 0 amide bonds. The predicted molar refractivity (Wildman–Crippen MR) is 42.6 cm³/mol. The largest absolute Gasteiger partial charge is 0.235 e. The van der Waals surface area contributed by atoms with Crippen molar-refractivity contribution in [2.75, 3.05) is 6.26 Å². The minimum atomic E-state index is 0.354. The maximum atomic E-state index is 8.07. The van der Waals surface area contributed by atoms with Crippen molar-refractivity contribution in [3.05, 3.63) is 22.8 Å². The van der Waals surface area contributed by atoms with Gasteiger partial charge in [0.25, 0.3) is 0 Å². The van der Waals surface area contributed by atoms with Gasteiger partial charge in [-0.05, 0) is 23.0 Å². The van der Waals surface area contributed by atoms with E-state index >= 15 is 0 Å². The average Bonchev–Trinajstić information content (AvgIpc) is 2.06. The van der Waals surface area contributed by atoms with Gasteiger partial charge in [-0.15, -0.1) is 11.8 Å². The molecule has 6 heteroatoms. The summed E-state index contributed by atoms with van der Waals surface area (Å²) in [5.74, 6) is 0.354. The van der Waals surface area contributed by atoms with E-state index in [0.717, 1.165) is 5.03 Å². The van der Waals surface area contributed by atoms with Crippen LogP contribution >= 0.6 is 11.8 Å². The first-order valence-electron chi connectivity index (χ1n) is 2.78. The van der Waals surface area contributed by atoms with Crippen LogP contribution in [0, 0.1) is 0 Å². The van der Waals surface area contributed by atoms with E-state index in [1.807, 2.05) is 6.26 Å². The average molecular weight is 167 g/mol. The summed E-state index contributed by atoms with van der Waals surface area (Å²) in [5.41, 5.74) is 8.07. The number of hydrogen-bond acceptors (Lipinski definition) is 4. The lowest BCUT2D eigenvalue weighted by atomic mass is 10.6. The van der Waals surface area contributed by atoms with Crippen LogP contribution in [0.1, 0.15) is 0 Å². The summed E-state index contributed by atoms with van der Waals surface area (Å²) in [6.45, 7) is 0. The molecule has 0 aliphatic carbocycles. The van der Waals surface area contributed by atoms with Crippen LogP contribution in [0.2, 0.25) is 0 Å². The van der Waals surface area contributed by atoms with E-state index in [9.17, 15) is 0 Å². The Balaban J connectivity index is 3.00. The summed E-state index contributed by atoms with van der Waals surface area (Å²) < 4.78 is 0. The van der Waals surface area contributed by atoms with Crippen molar-refractivity contribution < 1.29 is 0 Å². The number of nitrogens with zero attached hydrogens (tertiary/aromatic N) is 5. The van der Waals surface area contributed by atoms with Crippen LogP contribution in [-0.4, -0.2) is 16.2 Å². The fraction of sp³-hybridized carbons (Fsp3) is 0.200. The Kier molecular flexibility index (Phi) is 2.71. The van der Waals surface area contributed by atoms with Crippen LogP contribution in [0.15, 0.2) is 22.5 Å². The number of rotatable bonds is 2. The zero-order valence-corrected chi connectivity index (χ0v) is 6.62. The van der Waals surface area contributed by atoms with Gasteiger partial charge < -0.3 is 0 Å². The van der Waals surface area contributed by atoms with Crippen LogP contribution in [-0.2, 0) is 0 Å². The second kappa shape index (κ2) is 3.80. The molecule has 0 saturated carbocycles. The minimum Gasteiger partial charge on any atom is -0.235 e. The van der Waals surface area contributed by atoms with E-state index in [4.69, 9.17) is 5.53 Å². The first kappa shape index (κ1) is 7.84. The van der Waals surface area contributed by atoms with Crippen LogP contribution in [0.25, 0.3) is 10.4 Å². The zero-order valence-electron chi connectivity index (χ0n) is 5.80. The first-order valence-corrected chi connectivity index (χ1v) is 4.00. The molecule has 0 unspecified atom stereocenters. The van der Waals surface area contributed by atoms with E-state index in [-0.39, 0.29) is 0 Å². The van der Waals surface area contributed by atoms with Gasteiger partial charge in [0, 0.05) is 4.91 Å². The smallest absolute Gasteiger partial charge is 0.131 e. The Morgan fingerprint density at radius 2 is 2.45 bits per heavy atom. The molecule has 0 N–H and O–H groups in total. The molecule has 1 aromatic heterocycles. The normalized spacial score (nSPS) is 8.82. The summed E-state index contributed by atoms with van der Waals surface area (Å²) in [6.07, 6.45) is 3.26. The Morgan fingerprint density at radius 3 is 3.09 bits per heavy atom. The van der Waals surface area contributed by atoms with E-state index in [0.29, 0.717) is 5.82 Å². The highest BCUT2D eigenvalue weighted by atomic mass is 32.2. The lowest BCUT2D eigenvalue weighted by Gasteiger charge is -1.93. The zero-order chi connectivity index (χ0) is 8.10. The monoisotopic (exact) mass is 167 g/mol. The van der Waals surface area contributed by atoms with E-state index in [1.54, 1.807) is 6.07 Å². The minimum absolute atomic E-state index is 0.354. The third-order valence-corrected chi connectivity index (χ3v) is 1.63. The molecule has 0 spiro atoms. The molecular weight excluding hydrogens is 162 g/mol. The van der Waals surface area contributed by atoms with Crippen LogP contribution < -0.4 is 0 Å². The third-order valence-electron chi connectivity index (χ3n) is 0.984. The van der Waals surface area contributed by atoms with E-state index in [2.05, 4.69) is 20.0 Å². The number of azide groups is 1. The van der Waals surface area contributed by atoms with Gasteiger partial charge in [0.1, 0.15) is 12.1 Å². The molecule has 56 valence electrons. The van der Waals surface area contributed by atoms with Gasteiger partial charge in [-0.25, -0.2) is 9.97 Å². The Labute approximate surface area is 67.5 Å². The third kappa shape index (κ3) is 2.10. The maximum Gasteiger partial charge on any atom is 0.131 e. The van der Waals surface area contributed by atoms with Crippen molar-refractivity contribution >= 4 is 17.6 Å². The van der Waals surface area contributed by atoms with Crippen LogP contribution in [0.5, 0.6) is 0 Å². The Hall–Kier alpha value is -1.26. The lowest BCUT2D eigenvalue weighted by Crippen LogP contribution is -1.79. The summed E-state index contributed by atoms with van der Waals surface area (Å²) in [5, 5.41) is 4.13. The highest BCUT2D eigenvalue weighted by Crippen LogP contribution is 2.15. The second-order valence-electron chi connectivity index (χ2n) is 1.61. The molecule has 1 aromatic rings. The number of aromatic nitrogens is 2. The van der Waals surface area contributed by atoms with Gasteiger partial charge in [-0.3, -0.25) is 0 Å². The standard InChI is InChI=1S/C5H5N5S/c1-11-5-2-4(9-10-6)7-3-8-5/h2-3H,1H3. The fourth-order valence-electron chi connectivity index (χ4n) is 0.542. The van der Waals surface area contributed by atoms with Crippen molar-refractivity contribution in [1.82, 2.24) is 9.97 Å². The second-order valence-corrected chi connectivity index (χ2v) is 2.43. The van der Waals surface area contributed by atoms with E-state index < -0.39 is 0 Å². The fourth-order valence-corrected chi connectivity index (χ4v) is 0.918. The molecule has 0 saturated heterocycles. The number of thioether (sulfide) groups is 1. The SMILES string of the molecule is CSc1cc(N=[N+]=[N-])ncn1. The van der Waals surface area contributed by atoms with Crippen molar-refractivity contribution in [3.63, 3.8) is 0 Å². The summed E-state index contributed by atoms with van der Waals surface area (Å²) in [7, 11) is 0. The molecule has 0 fully saturated rings. The molecule has 1 rings (SSSR count). The van der Waals surface area contributed by atoms with Gasteiger partial charge in [0.05, 0.1) is 5.03 Å². The molecule has 0 aromatic carbocycles. The van der Waals surface area contributed by atoms with Gasteiger partial charge in [0.2, 0.25) is 0 Å². The van der Waals surface area contributed by atoms with Crippen molar-refractivity contribution in [1.29, 1.82) is 0 Å². The molecule has 1 heterocycles. The molecule has 5 nitrogen and oxygen atoms in total. The summed E-state index contributed by atoms with van der Waals surface area (Å²) in [6, 6.07) is 1.63. The highest BCUT2D eigenvalue weighted by Gasteiger charge is 1.92.